The number of benzene rings is 1. The minimum atomic E-state index is 0.106. The zero-order valence-corrected chi connectivity index (χ0v) is 13.6. The van der Waals surface area contributed by atoms with Crippen molar-refractivity contribution in [3.63, 3.8) is 0 Å². The summed E-state index contributed by atoms with van der Waals surface area (Å²) in [6.07, 6.45) is 0. The summed E-state index contributed by atoms with van der Waals surface area (Å²) in [6.45, 7) is 5.04. The molecular formula is C17H17ClN2S. The summed E-state index contributed by atoms with van der Waals surface area (Å²) in [5.74, 6) is 0. The maximum Gasteiger partial charge on any atom is 0.0708 e. The number of nitrogens with one attached hydrogen (secondary N) is 1. The lowest BCUT2D eigenvalue weighted by molar-refractivity contribution is 0.643. The number of rotatable bonds is 4. The third kappa shape index (κ3) is 2.82. The van der Waals surface area contributed by atoms with Crippen molar-refractivity contribution in [2.75, 3.05) is 6.54 Å². The van der Waals surface area contributed by atoms with Crippen LogP contribution in [0.25, 0.3) is 10.9 Å². The SMILES string of the molecule is CCNC(c1sccc1Cl)c1cc(C)nc2ccccc12. The van der Waals surface area contributed by atoms with Crippen molar-refractivity contribution in [1.82, 2.24) is 10.3 Å². The second kappa shape index (κ2) is 6.14. The molecule has 0 fully saturated rings. The van der Waals surface area contributed by atoms with Gasteiger partial charge in [-0.05, 0) is 42.6 Å². The van der Waals surface area contributed by atoms with Gasteiger partial charge in [0, 0.05) is 16.0 Å². The zero-order valence-electron chi connectivity index (χ0n) is 12.1. The molecule has 21 heavy (non-hydrogen) atoms. The lowest BCUT2D eigenvalue weighted by Gasteiger charge is -2.20. The van der Waals surface area contributed by atoms with E-state index < -0.39 is 0 Å². The Hall–Kier alpha value is -1.42. The smallest absolute Gasteiger partial charge is 0.0708 e. The molecule has 0 radical (unpaired) electrons. The molecule has 0 amide bonds. The Morgan fingerprint density at radius 1 is 1.29 bits per heavy atom. The quantitative estimate of drug-likeness (QED) is 0.736. The predicted molar refractivity (Wildman–Crippen MR) is 91.3 cm³/mol. The topological polar surface area (TPSA) is 24.9 Å². The molecule has 0 aliphatic carbocycles. The number of thiophene rings is 1. The van der Waals surface area contributed by atoms with Crippen LogP contribution in [0.15, 0.2) is 41.8 Å². The van der Waals surface area contributed by atoms with Gasteiger partial charge in [0.15, 0.2) is 0 Å². The number of pyridine rings is 1. The van der Waals surface area contributed by atoms with Gasteiger partial charge in [-0.1, -0.05) is 36.7 Å². The second-order valence-electron chi connectivity index (χ2n) is 4.99. The van der Waals surface area contributed by atoms with Crippen LogP contribution in [0.3, 0.4) is 0 Å². The Morgan fingerprint density at radius 3 is 2.81 bits per heavy atom. The van der Waals surface area contributed by atoms with Gasteiger partial charge in [0.2, 0.25) is 0 Å². The average Bonchev–Trinajstić information content (AvgIpc) is 2.90. The maximum absolute atomic E-state index is 6.37. The van der Waals surface area contributed by atoms with Crippen LogP contribution in [0.2, 0.25) is 5.02 Å². The van der Waals surface area contributed by atoms with Crippen LogP contribution in [-0.2, 0) is 0 Å². The van der Waals surface area contributed by atoms with Crippen molar-refractivity contribution in [3.8, 4) is 0 Å². The fraction of sp³-hybridized carbons (Fsp3) is 0.235. The molecule has 1 unspecified atom stereocenters. The molecule has 108 valence electrons. The molecule has 1 N–H and O–H groups in total. The summed E-state index contributed by atoms with van der Waals surface area (Å²) in [6, 6.07) is 12.5. The lowest BCUT2D eigenvalue weighted by atomic mass is 9.99. The number of halogens is 1. The van der Waals surface area contributed by atoms with E-state index in [1.54, 1.807) is 11.3 Å². The molecule has 3 aromatic rings. The Bertz CT molecular complexity index is 766. The predicted octanol–water partition coefficient (Wildman–Crippen LogP) is 4.96. The summed E-state index contributed by atoms with van der Waals surface area (Å²) in [5, 5.41) is 7.60. The highest BCUT2D eigenvalue weighted by atomic mass is 35.5. The minimum Gasteiger partial charge on any atom is -0.306 e. The number of fused-ring (bicyclic) bond motifs is 1. The molecule has 0 aliphatic rings. The van der Waals surface area contributed by atoms with Crippen LogP contribution < -0.4 is 5.32 Å². The summed E-state index contributed by atoms with van der Waals surface area (Å²) in [5.41, 5.74) is 3.30. The van der Waals surface area contributed by atoms with Crippen LogP contribution in [0.1, 0.15) is 29.1 Å². The Morgan fingerprint density at radius 2 is 2.10 bits per heavy atom. The maximum atomic E-state index is 6.37. The van der Waals surface area contributed by atoms with E-state index in [9.17, 15) is 0 Å². The summed E-state index contributed by atoms with van der Waals surface area (Å²) in [4.78, 5) is 5.79. The molecule has 2 nitrogen and oxygen atoms in total. The van der Waals surface area contributed by atoms with E-state index in [0.717, 1.165) is 27.7 Å². The highest BCUT2D eigenvalue weighted by molar-refractivity contribution is 7.10. The van der Waals surface area contributed by atoms with Crippen LogP contribution in [0.5, 0.6) is 0 Å². The fourth-order valence-corrected chi connectivity index (χ4v) is 3.90. The van der Waals surface area contributed by atoms with Crippen molar-refractivity contribution in [3.05, 3.63) is 62.9 Å². The van der Waals surface area contributed by atoms with Crippen molar-refractivity contribution >= 4 is 33.8 Å². The molecule has 2 aromatic heterocycles. The average molecular weight is 317 g/mol. The van der Waals surface area contributed by atoms with Crippen molar-refractivity contribution in [2.45, 2.75) is 19.9 Å². The van der Waals surface area contributed by atoms with Crippen LogP contribution in [0.4, 0.5) is 0 Å². The van der Waals surface area contributed by atoms with E-state index in [-0.39, 0.29) is 6.04 Å². The summed E-state index contributed by atoms with van der Waals surface area (Å²) < 4.78 is 0. The van der Waals surface area contributed by atoms with Gasteiger partial charge in [-0.3, -0.25) is 4.98 Å². The van der Waals surface area contributed by atoms with E-state index in [4.69, 9.17) is 11.6 Å². The van der Waals surface area contributed by atoms with Crippen molar-refractivity contribution in [2.24, 2.45) is 0 Å². The van der Waals surface area contributed by atoms with Crippen LogP contribution in [-0.4, -0.2) is 11.5 Å². The molecular weight excluding hydrogens is 300 g/mol. The van der Waals surface area contributed by atoms with Crippen molar-refractivity contribution in [1.29, 1.82) is 0 Å². The minimum absolute atomic E-state index is 0.106. The molecule has 3 rings (SSSR count). The Balaban J connectivity index is 2.22. The van der Waals surface area contributed by atoms with E-state index in [0.29, 0.717) is 0 Å². The zero-order chi connectivity index (χ0) is 14.8. The first kappa shape index (κ1) is 14.5. The van der Waals surface area contributed by atoms with Crippen LogP contribution >= 0.6 is 22.9 Å². The van der Waals surface area contributed by atoms with Crippen molar-refractivity contribution < 1.29 is 0 Å². The molecule has 0 spiro atoms. The highest BCUT2D eigenvalue weighted by Crippen LogP contribution is 2.35. The Labute approximate surface area is 133 Å². The summed E-state index contributed by atoms with van der Waals surface area (Å²) >= 11 is 8.06. The molecule has 2 heterocycles. The first-order chi connectivity index (χ1) is 10.2. The Kier molecular flexibility index (Phi) is 4.24. The third-order valence-corrected chi connectivity index (χ3v) is 4.93. The van der Waals surface area contributed by atoms with Gasteiger partial charge in [-0.15, -0.1) is 11.3 Å². The molecule has 1 atom stereocenters. The fourth-order valence-electron chi connectivity index (χ4n) is 2.64. The number of hydrogen-bond donors (Lipinski definition) is 1. The van der Waals surface area contributed by atoms with E-state index in [2.05, 4.69) is 41.5 Å². The first-order valence-electron chi connectivity index (χ1n) is 7.03. The second-order valence-corrected chi connectivity index (χ2v) is 6.35. The third-order valence-electron chi connectivity index (χ3n) is 3.50. The van der Waals surface area contributed by atoms with Gasteiger partial charge >= 0.3 is 0 Å². The highest BCUT2D eigenvalue weighted by Gasteiger charge is 2.20. The normalized spacial score (nSPS) is 12.7. The van der Waals surface area contributed by atoms with Gasteiger partial charge in [-0.2, -0.15) is 0 Å². The molecule has 0 aliphatic heterocycles. The largest absolute Gasteiger partial charge is 0.306 e. The number of aromatic nitrogens is 1. The standard InChI is InChI=1S/C17H17ClN2S/c1-3-19-16(17-14(18)8-9-21-17)13-10-11(2)20-15-7-5-4-6-12(13)15/h4-10,16,19H,3H2,1-2H3. The number of aryl methyl sites for hydroxylation is 1. The van der Waals surface area contributed by atoms with Crippen LogP contribution in [0, 0.1) is 6.92 Å². The van der Waals surface area contributed by atoms with Gasteiger partial charge in [-0.25, -0.2) is 0 Å². The molecule has 0 saturated carbocycles. The lowest BCUT2D eigenvalue weighted by Crippen LogP contribution is -2.22. The van der Waals surface area contributed by atoms with E-state index >= 15 is 0 Å². The molecule has 0 saturated heterocycles. The van der Waals surface area contributed by atoms with Gasteiger partial charge in [0.25, 0.3) is 0 Å². The van der Waals surface area contributed by atoms with Gasteiger partial charge < -0.3 is 5.32 Å². The molecule has 0 bridgehead atoms. The van der Waals surface area contributed by atoms with E-state index in [1.807, 2.05) is 24.4 Å². The first-order valence-corrected chi connectivity index (χ1v) is 8.29. The molecule has 1 aromatic carbocycles. The number of nitrogens with zero attached hydrogens (tertiary/aromatic N) is 1. The monoisotopic (exact) mass is 316 g/mol. The number of para-hydroxylation sites is 1. The number of hydrogen-bond acceptors (Lipinski definition) is 3. The van der Waals surface area contributed by atoms with Gasteiger partial charge in [0.1, 0.15) is 0 Å². The summed E-state index contributed by atoms with van der Waals surface area (Å²) in [7, 11) is 0. The van der Waals surface area contributed by atoms with Gasteiger partial charge in [0.05, 0.1) is 16.6 Å². The molecule has 4 heteroatoms. The van der Waals surface area contributed by atoms with E-state index in [1.165, 1.54) is 10.9 Å².